The maximum atomic E-state index is 12.0. The summed E-state index contributed by atoms with van der Waals surface area (Å²) in [4.78, 5) is 16.9. The Morgan fingerprint density at radius 3 is 3.11 bits per heavy atom. The normalized spacial score (nSPS) is 9.58. The van der Waals surface area contributed by atoms with Gasteiger partial charge in [-0.25, -0.2) is 4.98 Å². The van der Waals surface area contributed by atoms with Gasteiger partial charge in [-0.05, 0) is 19.1 Å². The molecule has 1 aromatic heterocycles. The Kier molecular flexibility index (Phi) is 4.29. The van der Waals surface area contributed by atoms with Gasteiger partial charge in [-0.2, -0.15) is 0 Å². The lowest BCUT2D eigenvalue weighted by Gasteiger charge is -2.02. The van der Waals surface area contributed by atoms with E-state index in [2.05, 4.69) is 22.1 Å². The van der Waals surface area contributed by atoms with Gasteiger partial charge in [-0.1, -0.05) is 40.9 Å². The minimum absolute atomic E-state index is 0.170. The van der Waals surface area contributed by atoms with Crippen molar-refractivity contribution in [3.05, 3.63) is 46.5 Å². The first-order valence-electron chi connectivity index (χ1n) is 5.72. The summed E-state index contributed by atoms with van der Waals surface area (Å²) in [6, 6.07) is 7.40. The third-order valence-electron chi connectivity index (χ3n) is 2.32. The molecule has 3 N–H and O–H groups in total. The van der Waals surface area contributed by atoms with Crippen molar-refractivity contribution in [2.45, 2.75) is 6.92 Å². The number of anilines is 1. The molecule has 0 aliphatic heterocycles. The van der Waals surface area contributed by atoms with Crippen LogP contribution in [0.25, 0.3) is 0 Å². The molecule has 1 aromatic carbocycles. The minimum Gasteiger partial charge on any atom is -0.320 e. The minimum atomic E-state index is -0.170. The number of benzene rings is 1. The number of hydrogen-bond acceptors (Lipinski definition) is 4. The molecule has 5 heteroatoms. The summed E-state index contributed by atoms with van der Waals surface area (Å²) in [6.07, 6.45) is 1.62. The number of aromatic nitrogens is 1. The molecule has 0 aliphatic rings. The Morgan fingerprint density at radius 1 is 1.53 bits per heavy atom. The van der Waals surface area contributed by atoms with E-state index in [0.29, 0.717) is 17.2 Å². The Morgan fingerprint density at radius 2 is 2.37 bits per heavy atom. The highest BCUT2D eigenvalue weighted by atomic mass is 32.1. The average Bonchev–Trinajstić information content (AvgIpc) is 2.84. The Hall–Kier alpha value is -2.16. The fraction of sp³-hybridized carbons (Fsp3) is 0.143. The van der Waals surface area contributed by atoms with Crippen molar-refractivity contribution in [3.63, 3.8) is 0 Å². The van der Waals surface area contributed by atoms with E-state index in [1.54, 1.807) is 12.3 Å². The Labute approximate surface area is 115 Å². The van der Waals surface area contributed by atoms with Crippen molar-refractivity contribution in [1.29, 1.82) is 0 Å². The molecular formula is C14H13N3OS. The zero-order valence-electron chi connectivity index (χ0n) is 10.4. The number of rotatable bonds is 2. The summed E-state index contributed by atoms with van der Waals surface area (Å²) in [5.74, 6) is 5.45. The van der Waals surface area contributed by atoms with Gasteiger partial charge >= 0.3 is 0 Å². The standard InChI is InChI=1S/C14H13N3OS/c1-10-4-2-5-11(8-10)13(18)17-14-16-9-12(19-14)6-3-7-15/h2,4-5,8-9H,7,15H2,1H3,(H,16,17,18). The summed E-state index contributed by atoms with van der Waals surface area (Å²) < 4.78 is 0. The van der Waals surface area contributed by atoms with E-state index < -0.39 is 0 Å². The van der Waals surface area contributed by atoms with Crippen LogP contribution in [0.1, 0.15) is 20.8 Å². The number of amides is 1. The predicted octanol–water partition coefficient (Wildman–Crippen LogP) is 2.01. The molecule has 19 heavy (non-hydrogen) atoms. The summed E-state index contributed by atoms with van der Waals surface area (Å²) in [7, 11) is 0. The molecule has 0 atom stereocenters. The largest absolute Gasteiger partial charge is 0.320 e. The molecule has 0 unspecified atom stereocenters. The van der Waals surface area contributed by atoms with Gasteiger partial charge in [0, 0.05) is 5.56 Å². The lowest BCUT2D eigenvalue weighted by molar-refractivity contribution is 0.102. The quantitative estimate of drug-likeness (QED) is 0.821. The highest BCUT2D eigenvalue weighted by Gasteiger charge is 2.08. The summed E-state index contributed by atoms with van der Waals surface area (Å²) in [5.41, 5.74) is 6.95. The van der Waals surface area contributed by atoms with Crippen LogP contribution in [0.2, 0.25) is 0 Å². The SMILES string of the molecule is Cc1cccc(C(=O)Nc2ncc(C#CCN)s2)c1. The molecule has 2 aromatic rings. The van der Waals surface area contributed by atoms with Crippen LogP contribution in [-0.4, -0.2) is 17.4 Å². The maximum absolute atomic E-state index is 12.0. The molecule has 0 radical (unpaired) electrons. The smallest absolute Gasteiger partial charge is 0.257 e. The van der Waals surface area contributed by atoms with Crippen molar-refractivity contribution >= 4 is 22.4 Å². The second-order valence-electron chi connectivity index (χ2n) is 3.86. The highest BCUT2D eigenvalue weighted by molar-refractivity contribution is 7.16. The molecule has 1 heterocycles. The highest BCUT2D eigenvalue weighted by Crippen LogP contribution is 2.18. The molecule has 0 aliphatic carbocycles. The van der Waals surface area contributed by atoms with Crippen molar-refractivity contribution in [3.8, 4) is 11.8 Å². The van der Waals surface area contributed by atoms with Gasteiger partial charge in [0.1, 0.15) is 0 Å². The second-order valence-corrected chi connectivity index (χ2v) is 4.89. The maximum Gasteiger partial charge on any atom is 0.257 e. The van der Waals surface area contributed by atoms with E-state index in [1.165, 1.54) is 11.3 Å². The van der Waals surface area contributed by atoms with Gasteiger partial charge < -0.3 is 5.73 Å². The van der Waals surface area contributed by atoms with Crippen molar-refractivity contribution < 1.29 is 4.79 Å². The van der Waals surface area contributed by atoms with Gasteiger partial charge in [0.15, 0.2) is 5.13 Å². The lowest BCUT2D eigenvalue weighted by atomic mass is 10.1. The third-order valence-corrected chi connectivity index (χ3v) is 3.15. The molecular weight excluding hydrogens is 258 g/mol. The van der Waals surface area contributed by atoms with Crippen LogP contribution in [0, 0.1) is 18.8 Å². The molecule has 0 saturated carbocycles. The summed E-state index contributed by atoms with van der Waals surface area (Å²) in [5, 5.41) is 3.29. The van der Waals surface area contributed by atoms with Gasteiger partial charge in [-0.3, -0.25) is 10.1 Å². The first-order chi connectivity index (χ1) is 9.19. The number of nitrogens with two attached hydrogens (primary N) is 1. The zero-order chi connectivity index (χ0) is 13.7. The van der Waals surface area contributed by atoms with E-state index in [4.69, 9.17) is 5.73 Å². The molecule has 0 spiro atoms. The molecule has 2 rings (SSSR count). The van der Waals surface area contributed by atoms with Crippen LogP contribution >= 0.6 is 11.3 Å². The Bertz CT molecular complexity index is 652. The first kappa shape index (κ1) is 13.3. The molecule has 4 nitrogen and oxygen atoms in total. The molecule has 0 bridgehead atoms. The van der Waals surface area contributed by atoms with Crippen LogP contribution in [0.4, 0.5) is 5.13 Å². The van der Waals surface area contributed by atoms with Gasteiger partial charge in [0.05, 0.1) is 17.6 Å². The van der Waals surface area contributed by atoms with Crippen LogP contribution in [0.15, 0.2) is 30.5 Å². The van der Waals surface area contributed by atoms with Crippen molar-refractivity contribution in [2.75, 3.05) is 11.9 Å². The molecule has 96 valence electrons. The monoisotopic (exact) mass is 271 g/mol. The van der Waals surface area contributed by atoms with Gasteiger partial charge in [0.25, 0.3) is 5.91 Å². The van der Waals surface area contributed by atoms with E-state index in [9.17, 15) is 4.79 Å². The zero-order valence-corrected chi connectivity index (χ0v) is 11.3. The average molecular weight is 271 g/mol. The Balaban J connectivity index is 2.09. The number of aryl methyl sites for hydroxylation is 1. The van der Waals surface area contributed by atoms with Crippen molar-refractivity contribution in [1.82, 2.24) is 4.98 Å². The number of thiazole rings is 1. The van der Waals surface area contributed by atoms with Crippen LogP contribution < -0.4 is 11.1 Å². The van der Waals surface area contributed by atoms with Crippen molar-refractivity contribution in [2.24, 2.45) is 5.73 Å². The number of carbonyl (C=O) groups is 1. The fourth-order valence-electron chi connectivity index (χ4n) is 1.48. The van der Waals surface area contributed by atoms with E-state index >= 15 is 0 Å². The van der Waals surface area contributed by atoms with Crippen LogP contribution in [-0.2, 0) is 0 Å². The lowest BCUT2D eigenvalue weighted by Crippen LogP contribution is -2.11. The fourth-order valence-corrected chi connectivity index (χ4v) is 2.17. The second kappa shape index (κ2) is 6.14. The van der Waals surface area contributed by atoms with E-state index in [0.717, 1.165) is 10.4 Å². The molecule has 0 fully saturated rings. The van der Waals surface area contributed by atoms with Crippen LogP contribution in [0.3, 0.4) is 0 Å². The topological polar surface area (TPSA) is 68.0 Å². The van der Waals surface area contributed by atoms with Gasteiger partial charge in [-0.15, -0.1) is 0 Å². The van der Waals surface area contributed by atoms with E-state index in [1.807, 2.05) is 25.1 Å². The third kappa shape index (κ3) is 3.65. The number of nitrogens with zero attached hydrogens (tertiary/aromatic N) is 1. The molecule has 0 saturated heterocycles. The van der Waals surface area contributed by atoms with Gasteiger partial charge in [0.2, 0.25) is 0 Å². The van der Waals surface area contributed by atoms with E-state index in [-0.39, 0.29) is 5.91 Å². The molecule has 1 amide bonds. The predicted molar refractivity (Wildman–Crippen MR) is 77.2 cm³/mol. The number of hydrogen-bond donors (Lipinski definition) is 2. The number of carbonyl (C=O) groups excluding carboxylic acids is 1. The summed E-state index contributed by atoms with van der Waals surface area (Å²) >= 11 is 1.33. The van der Waals surface area contributed by atoms with Crippen LogP contribution in [0.5, 0.6) is 0 Å². The number of nitrogens with one attached hydrogen (secondary N) is 1. The summed E-state index contributed by atoms with van der Waals surface area (Å²) in [6.45, 7) is 2.25. The first-order valence-corrected chi connectivity index (χ1v) is 6.53.